The van der Waals surface area contributed by atoms with Crippen LogP contribution in [0.15, 0.2) is 36.4 Å². The fourth-order valence-electron chi connectivity index (χ4n) is 2.54. The molecule has 0 saturated carbocycles. The molecule has 23 heavy (non-hydrogen) atoms. The summed E-state index contributed by atoms with van der Waals surface area (Å²) in [4.78, 5) is 12.5. The molecule has 0 saturated heterocycles. The van der Waals surface area contributed by atoms with Crippen LogP contribution in [-0.2, 0) is 4.79 Å². The first-order chi connectivity index (χ1) is 10.9. The average Bonchev–Trinajstić information content (AvgIpc) is 2.47. The maximum Gasteiger partial charge on any atom is 0.265 e. The van der Waals surface area contributed by atoms with Gasteiger partial charge in [-0.3, -0.25) is 4.79 Å². The van der Waals surface area contributed by atoms with Gasteiger partial charge in [0.25, 0.3) is 5.91 Å². The quantitative estimate of drug-likeness (QED) is 0.868. The van der Waals surface area contributed by atoms with E-state index in [-0.39, 0.29) is 5.91 Å². The molecule has 1 amide bonds. The van der Waals surface area contributed by atoms with E-state index in [0.29, 0.717) is 6.42 Å². The van der Waals surface area contributed by atoms with Gasteiger partial charge in [0.05, 0.1) is 0 Å². The molecule has 122 valence electrons. The molecule has 2 aromatic carbocycles. The molecule has 0 aliphatic carbocycles. The van der Waals surface area contributed by atoms with Crippen molar-refractivity contribution in [1.82, 2.24) is 0 Å². The Morgan fingerprint density at radius 1 is 1.00 bits per heavy atom. The fourth-order valence-corrected chi connectivity index (χ4v) is 2.54. The number of carbonyl (C=O) groups is 1. The zero-order valence-electron chi connectivity index (χ0n) is 14.6. The second kappa shape index (κ2) is 7.32. The monoisotopic (exact) mass is 311 g/mol. The van der Waals surface area contributed by atoms with Crippen LogP contribution in [0.2, 0.25) is 0 Å². The minimum absolute atomic E-state index is 0.115. The maximum absolute atomic E-state index is 12.5. The average molecular weight is 311 g/mol. The third kappa shape index (κ3) is 4.59. The van der Waals surface area contributed by atoms with Crippen LogP contribution in [0.4, 0.5) is 5.69 Å². The largest absolute Gasteiger partial charge is 0.481 e. The van der Waals surface area contributed by atoms with Crippen LogP contribution in [-0.4, -0.2) is 12.0 Å². The predicted octanol–water partition coefficient (Wildman–Crippen LogP) is 4.72. The van der Waals surface area contributed by atoms with Gasteiger partial charge in [0, 0.05) is 5.69 Å². The molecule has 0 aliphatic rings. The summed E-state index contributed by atoms with van der Waals surface area (Å²) in [6, 6.07) is 11.9. The van der Waals surface area contributed by atoms with Crippen molar-refractivity contribution in [3.63, 3.8) is 0 Å². The zero-order valence-corrected chi connectivity index (χ0v) is 14.6. The number of aryl methyl sites for hydroxylation is 4. The van der Waals surface area contributed by atoms with Crippen molar-refractivity contribution in [3.05, 3.63) is 58.7 Å². The molecule has 3 heteroatoms. The minimum atomic E-state index is -0.502. The highest BCUT2D eigenvalue weighted by molar-refractivity contribution is 5.94. The second-order valence-electron chi connectivity index (χ2n) is 6.13. The van der Waals surface area contributed by atoms with E-state index in [2.05, 4.69) is 18.3 Å². The molecule has 0 aliphatic heterocycles. The highest BCUT2D eigenvalue weighted by atomic mass is 16.5. The summed E-state index contributed by atoms with van der Waals surface area (Å²) in [6.45, 7) is 10.1. The lowest BCUT2D eigenvalue weighted by Gasteiger charge is -2.18. The SMILES string of the molecule is CC[C@@H](Oc1ccc(C)c(C)c1)C(=O)Nc1cc(C)cc(C)c1. The Balaban J connectivity index is 2.10. The van der Waals surface area contributed by atoms with Crippen LogP contribution in [0.25, 0.3) is 0 Å². The topological polar surface area (TPSA) is 38.3 Å². The third-order valence-corrected chi connectivity index (χ3v) is 3.91. The van der Waals surface area contributed by atoms with Crippen molar-refractivity contribution < 1.29 is 9.53 Å². The standard InChI is InChI=1S/C20H25NO2/c1-6-19(23-18-8-7-15(4)16(5)12-18)20(22)21-17-10-13(2)9-14(3)11-17/h7-12,19H,6H2,1-5H3,(H,21,22)/t19-/m1/s1. The highest BCUT2D eigenvalue weighted by Crippen LogP contribution is 2.20. The molecular weight excluding hydrogens is 286 g/mol. The molecule has 0 aromatic heterocycles. The molecule has 0 fully saturated rings. The third-order valence-electron chi connectivity index (χ3n) is 3.91. The maximum atomic E-state index is 12.5. The van der Waals surface area contributed by atoms with Gasteiger partial charge in [-0.25, -0.2) is 0 Å². The normalized spacial score (nSPS) is 11.9. The molecular formula is C20H25NO2. The fraction of sp³-hybridized carbons (Fsp3) is 0.350. The van der Waals surface area contributed by atoms with Gasteiger partial charge in [0.2, 0.25) is 0 Å². The summed E-state index contributed by atoms with van der Waals surface area (Å²) in [6.07, 6.45) is 0.113. The van der Waals surface area contributed by atoms with E-state index in [1.807, 2.05) is 58.0 Å². The number of hydrogen-bond acceptors (Lipinski definition) is 2. The number of rotatable bonds is 5. The number of amides is 1. The molecule has 1 N–H and O–H groups in total. The Morgan fingerprint density at radius 2 is 1.65 bits per heavy atom. The van der Waals surface area contributed by atoms with Crippen molar-refractivity contribution in [2.75, 3.05) is 5.32 Å². The first-order valence-corrected chi connectivity index (χ1v) is 8.02. The number of ether oxygens (including phenoxy) is 1. The van der Waals surface area contributed by atoms with E-state index in [4.69, 9.17) is 4.74 Å². The lowest BCUT2D eigenvalue weighted by atomic mass is 10.1. The number of carbonyl (C=O) groups excluding carboxylic acids is 1. The van der Waals surface area contributed by atoms with E-state index < -0.39 is 6.10 Å². The van der Waals surface area contributed by atoms with Gasteiger partial charge in [0.15, 0.2) is 6.10 Å². The molecule has 3 nitrogen and oxygen atoms in total. The lowest BCUT2D eigenvalue weighted by molar-refractivity contribution is -0.122. The van der Waals surface area contributed by atoms with Gasteiger partial charge < -0.3 is 10.1 Å². The molecule has 0 radical (unpaired) electrons. The van der Waals surface area contributed by atoms with Crippen molar-refractivity contribution in [3.8, 4) is 5.75 Å². The van der Waals surface area contributed by atoms with E-state index in [0.717, 1.165) is 28.1 Å². The van der Waals surface area contributed by atoms with Gasteiger partial charge in [-0.15, -0.1) is 0 Å². The highest BCUT2D eigenvalue weighted by Gasteiger charge is 2.19. The Labute approximate surface area is 138 Å². The van der Waals surface area contributed by atoms with Crippen molar-refractivity contribution >= 4 is 11.6 Å². The molecule has 0 heterocycles. The van der Waals surface area contributed by atoms with E-state index in [1.54, 1.807) is 0 Å². The van der Waals surface area contributed by atoms with E-state index in [9.17, 15) is 4.79 Å². The smallest absolute Gasteiger partial charge is 0.265 e. The minimum Gasteiger partial charge on any atom is -0.481 e. The van der Waals surface area contributed by atoms with Crippen molar-refractivity contribution in [2.24, 2.45) is 0 Å². The number of benzene rings is 2. The van der Waals surface area contributed by atoms with Crippen LogP contribution in [0, 0.1) is 27.7 Å². The van der Waals surface area contributed by atoms with Gasteiger partial charge in [0.1, 0.15) is 5.75 Å². The van der Waals surface area contributed by atoms with Crippen LogP contribution in [0.1, 0.15) is 35.6 Å². The summed E-state index contributed by atoms with van der Waals surface area (Å²) >= 11 is 0. The summed E-state index contributed by atoms with van der Waals surface area (Å²) in [5.74, 6) is 0.617. The first-order valence-electron chi connectivity index (χ1n) is 8.02. The summed E-state index contributed by atoms with van der Waals surface area (Å²) in [5, 5.41) is 2.96. The van der Waals surface area contributed by atoms with Crippen LogP contribution >= 0.6 is 0 Å². The molecule has 0 bridgehead atoms. The molecule has 0 spiro atoms. The van der Waals surface area contributed by atoms with Crippen molar-refractivity contribution in [1.29, 1.82) is 0 Å². The molecule has 1 atom stereocenters. The summed E-state index contributed by atoms with van der Waals surface area (Å²) in [5.41, 5.74) is 5.44. The summed E-state index contributed by atoms with van der Waals surface area (Å²) < 4.78 is 5.88. The Morgan fingerprint density at radius 3 is 2.22 bits per heavy atom. The van der Waals surface area contributed by atoms with Gasteiger partial charge >= 0.3 is 0 Å². The van der Waals surface area contributed by atoms with Crippen LogP contribution in [0.3, 0.4) is 0 Å². The molecule has 0 unspecified atom stereocenters. The van der Waals surface area contributed by atoms with Gasteiger partial charge in [-0.2, -0.15) is 0 Å². The van der Waals surface area contributed by atoms with Crippen molar-refractivity contribution in [2.45, 2.75) is 47.1 Å². The predicted molar refractivity (Wildman–Crippen MR) is 95.2 cm³/mol. The molecule has 2 aromatic rings. The van der Waals surface area contributed by atoms with E-state index >= 15 is 0 Å². The Kier molecular flexibility index (Phi) is 5.43. The van der Waals surface area contributed by atoms with E-state index in [1.165, 1.54) is 5.56 Å². The van der Waals surface area contributed by atoms with Crippen LogP contribution < -0.4 is 10.1 Å². The number of hydrogen-bond donors (Lipinski definition) is 1. The summed E-state index contributed by atoms with van der Waals surface area (Å²) in [7, 11) is 0. The Hall–Kier alpha value is -2.29. The first kappa shape index (κ1) is 17.1. The number of nitrogens with one attached hydrogen (secondary N) is 1. The number of anilines is 1. The molecule has 2 rings (SSSR count). The second-order valence-corrected chi connectivity index (χ2v) is 6.13. The lowest BCUT2D eigenvalue weighted by Crippen LogP contribution is -2.32. The Bertz CT molecular complexity index is 687. The zero-order chi connectivity index (χ0) is 17.0. The van der Waals surface area contributed by atoms with Crippen LogP contribution in [0.5, 0.6) is 5.75 Å². The van der Waals surface area contributed by atoms with Gasteiger partial charge in [-0.05, 0) is 80.6 Å². The van der Waals surface area contributed by atoms with Gasteiger partial charge in [-0.1, -0.05) is 19.1 Å².